The van der Waals surface area contributed by atoms with Crippen LogP contribution in [0, 0.1) is 11.6 Å². The maximum absolute atomic E-state index is 14.2. The van der Waals surface area contributed by atoms with Gasteiger partial charge in [-0.05, 0) is 47.0 Å². The van der Waals surface area contributed by atoms with Crippen molar-refractivity contribution < 1.29 is 8.78 Å². The second kappa shape index (κ2) is 5.70. The van der Waals surface area contributed by atoms with E-state index in [0.29, 0.717) is 21.7 Å². The predicted molar refractivity (Wildman–Crippen MR) is 90.8 cm³/mol. The van der Waals surface area contributed by atoms with Gasteiger partial charge in [-0.15, -0.1) is 5.10 Å². The highest BCUT2D eigenvalue weighted by Gasteiger charge is 2.30. The third kappa shape index (κ3) is 2.41. The number of nitrogens with zero attached hydrogens (tertiary/aromatic N) is 4. The van der Waals surface area contributed by atoms with Gasteiger partial charge < -0.3 is 10.6 Å². The van der Waals surface area contributed by atoms with Crippen molar-refractivity contribution in [1.82, 2.24) is 14.6 Å². The van der Waals surface area contributed by atoms with E-state index in [1.807, 2.05) is 11.0 Å². The average Bonchev–Trinajstić information content (AvgIpc) is 3.15. The van der Waals surface area contributed by atoms with Gasteiger partial charge in [-0.3, -0.25) is 0 Å². The molecule has 0 aliphatic carbocycles. The quantitative estimate of drug-likeness (QED) is 0.720. The molecule has 1 atom stereocenters. The van der Waals surface area contributed by atoms with Crippen LogP contribution in [0.25, 0.3) is 5.52 Å². The van der Waals surface area contributed by atoms with Gasteiger partial charge in [0.25, 0.3) is 0 Å². The largest absolute Gasteiger partial charge is 0.381 e. The van der Waals surface area contributed by atoms with Crippen LogP contribution >= 0.6 is 15.9 Å². The Morgan fingerprint density at radius 2 is 2.08 bits per heavy atom. The van der Waals surface area contributed by atoms with E-state index in [9.17, 15) is 8.78 Å². The number of anilines is 2. The fraction of sp³-hybridized carbons (Fsp3) is 0.250. The Morgan fingerprint density at radius 3 is 2.92 bits per heavy atom. The fourth-order valence-corrected chi connectivity index (χ4v) is 3.60. The molecule has 2 aromatic heterocycles. The first-order chi connectivity index (χ1) is 11.5. The maximum Gasteiger partial charge on any atom is 0.160 e. The van der Waals surface area contributed by atoms with Crippen molar-refractivity contribution >= 4 is 33.1 Å². The molecule has 0 radical (unpaired) electrons. The van der Waals surface area contributed by atoms with Gasteiger partial charge in [0.2, 0.25) is 0 Å². The molecule has 0 unspecified atom stereocenters. The molecule has 0 amide bonds. The first kappa shape index (κ1) is 15.3. The standard InChI is InChI=1S/C16H14BrF2N5/c17-15-13-7-14(21-8-24(13)22-16(15)20)23-5-1-2-12(23)10-6-9(18)3-4-11(10)19/h3-4,6-8,12H,1-2,5H2,(H2,20,22)/t12-/m1/s1. The zero-order valence-electron chi connectivity index (χ0n) is 12.6. The fourth-order valence-electron chi connectivity index (χ4n) is 3.23. The van der Waals surface area contributed by atoms with Gasteiger partial charge >= 0.3 is 0 Å². The van der Waals surface area contributed by atoms with Gasteiger partial charge in [-0.25, -0.2) is 18.3 Å². The third-order valence-electron chi connectivity index (χ3n) is 4.34. The number of rotatable bonds is 2. The van der Waals surface area contributed by atoms with E-state index in [-0.39, 0.29) is 6.04 Å². The van der Waals surface area contributed by atoms with E-state index in [0.717, 1.165) is 31.0 Å². The van der Waals surface area contributed by atoms with E-state index in [2.05, 4.69) is 26.0 Å². The number of nitrogen functional groups attached to an aromatic ring is 1. The molecule has 4 rings (SSSR count). The topological polar surface area (TPSA) is 59.4 Å². The van der Waals surface area contributed by atoms with Crippen LogP contribution in [0.2, 0.25) is 0 Å². The van der Waals surface area contributed by atoms with E-state index < -0.39 is 11.6 Å². The molecular weight excluding hydrogens is 380 g/mol. The number of benzene rings is 1. The van der Waals surface area contributed by atoms with Crippen molar-refractivity contribution in [2.24, 2.45) is 0 Å². The number of fused-ring (bicyclic) bond motifs is 1. The Labute approximate surface area is 145 Å². The summed E-state index contributed by atoms with van der Waals surface area (Å²) in [5, 5.41) is 4.14. The lowest BCUT2D eigenvalue weighted by atomic mass is 10.0. The van der Waals surface area contributed by atoms with Crippen LogP contribution in [0.5, 0.6) is 0 Å². The molecule has 0 saturated carbocycles. The highest BCUT2D eigenvalue weighted by Crippen LogP contribution is 2.37. The lowest BCUT2D eigenvalue weighted by Crippen LogP contribution is -2.24. The Kier molecular flexibility index (Phi) is 3.64. The minimum atomic E-state index is -0.437. The zero-order valence-corrected chi connectivity index (χ0v) is 14.2. The molecule has 2 N–H and O–H groups in total. The Morgan fingerprint density at radius 1 is 1.25 bits per heavy atom. The zero-order chi connectivity index (χ0) is 16.8. The number of nitrogens with two attached hydrogens (primary N) is 1. The van der Waals surface area contributed by atoms with Crippen LogP contribution in [0.4, 0.5) is 20.4 Å². The van der Waals surface area contributed by atoms with Crippen LogP contribution in [0.3, 0.4) is 0 Å². The number of aromatic nitrogens is 3. The van der Waals surface area contributed by atoms with Crippen molar-refractivity contribution in [3.8, 4) is 0 Å². The molecule has 1 saturated heterocycles. The van der Waals surface area contributed by atoms with E-state index in [4.69, 9.17) is 5.73 Å². The summed E-state index contributed by atoms with van der Waals surface area (Å²) < 4.78 is 30.0. The minimum Gasteiger partial charge on any atom is -0.381 e. The molecule has 0 bridgehead atoms. The van der Waals surface area contributed by atoms with Gasteiger partial charge in [0.05, 0.1) is 16.0 Å². The van der Waals surface area contributed by atoms with Gasteiger partial charge in [0, 0.05) is 18.2 Å². The molecule has 8 heteroatoms. The van der Waals surface area contributed by atoms with Crippen molar-refractivity contribution in [3.05, 3.63) is 52.3 Å². The number of halogens is 3. The molecule has 5 nitrogen and oxygen atoms in total. The van der Waals surface area contributed by atoms with Crippen LogP contribution in [0.15, 0.2) is 35.1 Å². The molecule has 3 aromatic rings. The maximum atomic E-state index is 14.2. The minimum absolute atomic E-state index is 0.241. The Bertz CT molecular complexity index is 926. The first-order valence-corrected chi connectivity index (χ1v) is 8.35. The number of hydrogen-bond acceptors (Lipinski definition) is 4. The molecule has 1 fully saturated rings. The second-order valence-corrected chi connectivity index (χ2v) is 6.59. The Balaban J connectivity index is 1.77. The summed E-state index contributed by atoms with van der Waals surface area (Å²) in [5.41, 5.74) is 6.94. The predicted octanol–water partition coefficient (Wildman–Crippen LogP) is 3.69. The summed E-state index contributed by atoms with van der Waals surface area (Å²) >= 11 is 3.41. The van der Waals surface area contributed by atoms with Crippen molar-refractivity contribution in [2.45, 2.75) is 18.9 Å². The van der Waals surface area contributed by atoms with E-state index in [1.165, 1.54) is 12.1 Å². The average molecular weight is 394 g/mol. The number of hydrogen-bond donors (Lipinski definition) is 1. The first-order valence-electron chi connectivity index (χ1n) is 7.55. The summed E-state index contributed by atoms with van der Waals surface area (Å²) in [6.45, 7) is 0.727. The SMILES string of the molecule is Nc1nn2cnc(N3CCC[C@@H]3c3cc(F)ccc3F)cc2c1Br. The van der Waals surface area contributed by atoms with Crippen LogP contribution in [0.1, 0.15) is 24.4 Å². The monoisotopic (exact) mass is 393 g/mol. The second-order valence-electron chi connectivity index (χ2n) is 5.79. The molecule has 1 aliphatic heterocycles. The third-order valence-corrected chi connectivity index (χ3v) is 5.15. The lowest BCUT2D eigenvalue weighted by molar-refractivity contribution is 0.560. The molecule has 24 heavy (non-hydrogen) atoms. The molecule has 1 aromatic carbocycles. The van der Waals surface area contributed by atoms with Gasteiger partial charge in [-0.2, -0.15) is 0 Å². The molecule has 1 aliphatic rings. The molecule has 3 heterocycles. The normalized spacial score (nSPS) is 17.8. The summed E-state index contributed by atoms with van der Waals surface area (Å²) in [7, 11) is 0. The van der Waals surface area contributed by atoms with Crippen molar-refractivity contribution in [2.75, 3.05) is 17.2 Å². The van der Waals surface area contributed by atoms with Crippen molar-refractivity contribution in [1.29, 1.82) is 0 Å². The smallest absolute Gasteiger partial charge is 0.160 e. The molecule has 124 valence electrons. The van der Waals surface area contributed by atoms with Gasteiger partial charge in [0.15, 0.2) is 5.82 Å². The Hall–Kier alpha value is -2.22. The highest BCUT2D eigenvalue weighted by molar-refractivity contribution is 9.10. The summed E-state index contributed by atoms with van der Waals surface area (Å²) in [5.74, 6) is 0.231. The molecular formula is C16H14BrF2N5. The summed E-state index contributed by atoms with van der Waals surface area (Å²) in [6.07, 6.45) is 3.20. The van der Waals surface area contributed by atoms with Gasteiger partial charge in [0.1, 0.15) is 23.8 Å². The summed E-state index contributed by atoms with van der Waals surface area (Å²) in [6, 6.07) is 5.18. The molecule has 0 spiro atoms. The summed E-state index contributed by atoms with van der Waals surface area (Å²) in [4.78, 5) is 6.40. The van der Waals surface area contributed by atoms with Gasteiger partial charge in [-0.1, -0.05) is 0 Å². The lowest BCUT2D eigenvalue weighted by Gasteiger charge is -2.26. The van der Waals surface area contributed by atoms with Crippen molar-refractivity contribution in [3.63, 3.8) is 0 Å². The van der Waals surface area contributed by atoms with E-state index in [1.54, 1.807) is 10.8 Å². The van der Waals surface area contributed by atoms with Crippen LogP contribution in [-0.2, 0) is 0 Å². The van der Waals surface area contributed by atoms with E-state index >= 15 is 0 Å². The van der Waals surface area contributed by atoms with Crippen LogP contribution < -0.4 is 10.6 Å². The van der Waals surface area contributed by atoms with Crippen LogP contribution in [-0.4, -0.2) is 21.1 Å². The highest BCUT2D eigenvalue weighted by atomic mass is 79.9.